The van der Waals surface area contributed by atoms with Gasteiger partial charge >= 0.3 is 6.01 Å². The number of ether oxygens (including phenoxy) is 1. The van der Waals surface area contributed by atoms with Crippen LogP contribution in [0, 0.1) is 0 Å². The van der Waals surface area contributed by atoms with E-state index >= 15 is 0 Å². The lowest BCUT2D eigenvalue weighted by atomic mass is 10.1. The van der Waals surface area contributed by atoms with Gasteiger partial charge in [0, 0.05) is 18.0 Å². The Kier molecular flexibility index (Phi) is 4.06. The lowest BCUT2D eigenvalue weighted by Crippen LogP contribution is -2.20. The molecule has 78 valence electrons. The number of aromatic nitrogens is 2. The fourth-order valence-electron chi connectivity index (χ4n) is 0.891. The van der Waals surface area contributed by atoms with Gasteiger partial charge in [0.05, 0.1) is 19.1 Å². The fraction of sp³-hybridized carbons (Fsp3) is 0.500. The molecule has 1 aromatic heterocycles. The van der Waals surface area contributed by atoms with E-state index in [9.17, 15) is 10.2 Å². The van der Waals surface area contributed by atoms with Crippen LogP contribution < -0.4 is 4.74 Å². The van der Waals surface area contributed by atoms with Crippen molar-refractivity contribution in [2.45, 2.75) is 12.2 Å². The predicted octanol–water partition coefficient (Wildman–Crippen LogP) is 0.118. The van der Waals surface area contributed by atoms with Gasteiger partial charge in [0.25, 0.3) is 0 Å². The molecule has 1 aromatic rings. The molecule has 0 aliphatic rings. The SMILES string of the molecule is COc1ncc(C(O)C(O)CCl)cn1. The number of aliphatic hydroxyl groups excluding tert-OH is 2. The van der Waals surface area contributed by atoms with Crippen LogP contribution in [0.25, 0.3) is 0 Å². The average Bonchev–Trinajstić information content (AvgIpc) is 2.27. The summed E-state index contributed by atoms with van der Waals surface area (Å²) < 4.78 is 4.74. The smallest absolute Gasteiger partial charge is 0.316 e. The maximum absolute atomic E-state index is 9.50. The van der Waals surface area contributed by atoms with E-state index in [0.717, 1.165) is 0 Å². The molecule has 5 nitrogen and oxygen atoms in total. The van der Waals surface area contributed by atoms with Gasteiger partial charge in [-0.25, -0.2) is 9.97 Å². The maximum atomic E-state index is 9.50. The van der Waals surface area contributed by atoms with Crippen LogP contribution in [0.3, 0.4) is 0 Å². The quantitative estimate of drug-likeness (QED) is 0.702. The van der Waals surface area contributed by atoms with Crippen molar-refractivity contribution < 1.29 is 14.9 Å². The first kappa shape index (κ1) is 11.2. The summed E-state index contributed by atoms with van der Waals surface area (Å²) in [7, 11) is 1.44. The van der Waals surface area contributed by atoms with Gasteiger partial charge in [0.2, 0.25) is 0 Å². The maximum Gasteiger partial charge on any atom is 0.316 e. The van der Waals surface area contributed by atoms with E-state index in [1.54, 1.807) is 0 Å². The van der Waals surface area contributed by atoms with Crippen LogP contribution in [0.2, 0.25) is 0 Å². The molecule has 2 atom stereocenters. The summed E-state index contributed by atoms with van der Waals surface area (Å²) in [4.78, 5) is 7.57. The summed E-state index contributed by atoms with van der Waals surface area (Å²) in [6.45, 7) is 0. The van der Waals surface area contributed by atoms with Gasteiger partial charge in [-0.15, -0.1) is 11.6 Å². The molecule has 0 aromatic carbocycles. The molecule has 2 unspecified atom stereocenters. The van der Waals surface area contributed by atoms with E-state index in [0.29, 0.717) is 5.56 Å². The number of hydrogen-bond donors (Lipinski definition) is 2. The van der Waals surface area contributed by atoms with E-state index in [1.807, 2.05) is 0 Å². The number of alkyl halides is 1. The second-order valence-electron chi connectivity index (χ2n) is 2.67. The van der Waals surface area contributed by atoms with Gasteiger partial charge in [-0.2, -0.15) is 0 Å². The van der Waals surface area contributed by atoms with E-state index in [4.69, 9.17) is 16.3 Å². The minimum absolute atomic E-state index is 0.0484. The summed E-state index contributed by atoms with van der Waals surface area (Å²) in [5.74, 6) is -0.0484. The fourth-order valence-corrected chi connectivity index (χ4v) is 1.06. The Bertz CT molecular complexity index is 280. The van der Waals surface area contributed by atoms with Crippen molar-refractivity contribution >= 4 is 11.6 Å². The Balaban J connectivity index is 2.75. The molecule has 0 aliphatic carbocycles. The Hall–Kier alpha value is -0.910. The van der Waals surface area contributed by atoms with Crippen molar-refractivity contribution in [3.63, 3.8) is 0 Å². The molecule has 0 saturated carbocycles. The Morgan fingerprint density at radius 3 is 2.43 bits per heavy atom. The van der Waals surface area contributed by atoms with Gasteiger partial charge < -0.3 is 14.9 Å². The van der Waals surface area contributed by atoms with Gasteiger partial charge in [0.15, 0.2) is 0 Å². The molecule has 14 heavy (non-hydrogen) atoms. The number of nitrogens with zero attached hydrogens (tertiary/aromatic N) is 2. The molecule has 0 bridgehead atoms. The van der Waals surface area contributed by atoms with Gasteiger partial charge in [0.1, 0.15) is 6.10 Å². The summed E-state index contributed by atoms with van der Waals surface area (Å²) in [5, 5.41) is 18.7. The first-order valence-corrected chi connectivity index (χ1v) is 4.50. The molecule has 1 heterocycles. The zero-order chi connectivity index (χ0) is 10.6. The van der Waals surface area contributed by atoms with E-state index in [2.05, 4.69) is 9.97 Å². The van der Waals surface area contributed by atoms with E-state index in [1.165, 1.54) is 19.5 Å². The lowest BCUT2D eigenvalue weighted by Gasteiger charge is -2.14. The second-order valence-corrected chi connectivity index (χ2v) is 2.98. The van der Waals surface area contributed by atoms with Gasteiger partial charge in [-0.1, -0.05) is 0 Å². The first-order valence-electron chi connectivity index (χ1n) is 3.97. The summed E-state index contributed by atoms with van der Waals surface area (Å²) in [6, 6.07) is 0.210. The molecule has 0 fully saturated rings. The number of methoxy groups -OCH3 is 1. The first-order chi connectivity index (χ1) is 6.69. The molecule has 0 radical (unpaired) electrons. The van der Waals surface area contributed by atoms with Gasteiger partial charge in [-0.3, -0.25) is 0 Å². The van der Waals surface area contributed by atoms with Crippen molar-refractivity contribution in [3.8, 4) is 6.01 Å². The zero-order valence-electron chi connectivity index (χ0n) is 7.59. The topological polar surface area (TPSA) is 75.5 Å². The molecule has 0 saturated heterocycles. The van der Waals surface area contributed by atoms with Crippen molar-refractivity contribution in [1.82, 2.24) is 9.97 Å². The third-order valence-corrected chi connectivity index (χ3v) is 2.01. The highest BCUT2D eigenvalue weighted by molar-refractivity contribution is 6.18. The monoisotopic (exact) mass is 218 g/mol. The highest BCUT2D eigenvalue weighted by atomic mass is 35.5. The van der Waals surface area contributed by atoms with Gasteiger partial charge in [-0.05, 0) is 0 Å². The molecular formula is C8H11ClN2O3. The van der Waals surface area contributed by atoms with Crippen molar-refractivity contribution in [3.05, 3.63) is 18.0 Å². The standard InChI is InChI=1S/C8H11ClN2O3/c1-14-8-10-3-5(4-11-8)7(13)6(12)2-9/h3-4,6-7,12-13H,2H2,1H3. The summed E-state index contributed by atoms with van der Waals surface area (Å²) in [5.41, 5.74) is 0.402. The number of aliphatic hydroxyl groups is 2. The number of hydrogen-bond acceptors (Lipinski definition) is 5. The molecule has 1 rings (SSSR count). The Labute approximate surface area is 86.3 Å². The average molecular weight is 219 g/mol. The van der Waals surface area contributed by atoms with Crippen LogP contribution >= 0.6 is 11.6 Å². The van der Waals surface area contributed by atoms with Crippen molar-refractivity contribution in [2.24, 2.45) is 0 Å². The van der Waals surface area contributed by atoms with Crippen molar-refractivity contribution in [1.29, 1.82) is 0 Å². The van der Waals surface area contributed by atoms with Crippen LogP contribution in [-0.2, 0) is 0 Å². The van der Waals surface area contributed by atoms with Crippen LogP contribution in [-0.4, -0.2) is 39.3 Å². The van der Waals surface area contributed by atoms with Crippen LogP contribution in [0.4, 0.5) is 0 Å². The van der Waals surface area contributed by atoms with E-state index in [-0.39, 0.29) is 11.9 Å². The van der Waals surface area contributed by atoms with Crippen LogP contribution in [0.15, 0.2) is 12.4 Å². The molecular weight excluding hydrogens is 208 g/mol. The Morgan fingerprint density at radius 2 is 2.00 bits per heavy atom. The molecule has 0 aliphatic heterocycles. The van der Waals surface area contributed by atoms with Crippen LogP contribution in [0.5, 0.6) is 6.01 Å². The predicted molar refractivity (Wildman–Crippen MR) is 50.3 cm³/mol. The zero-order valence-corrected chi connectivity index (χ0v) is 8.35. The van der Waals surface area contributed by atoms with Crippen LogP contribution in [0.1, 0.15) is 11.7 Å². The minimum atomic E-state index is -1.07. The Morgan fingerprint density at radius 1 is 1.43 bits per heavy atom. The second kappa shape index (κ2) is 5.09. The highest BCUT2D eigenvalue weighted by Crippen LogP contribution is 2.16. The molecule has 0 amide bonds. The number of halogens is 1. The third-order valence-electron chi connectivity index (χ3n) is 1.69. The minimum Gasteiger partial charge on any atom is -0.467 e. The third kappa shape index (κ3) is 2.54. The lowest BCUT2D eigenvalue weighted by molar-refractivity contribution is 0.0322. The normalized spacial score (nSPS) is 14.9. The largest absolute Gasteiger partial charge is 0.467 e. The van der Waals surface area contributed by atoms with E-state index < -0.39 is 12.2 Å². The summed E-state index contributed by atoms with van der Waals surface area (Å²) in [6.07, 6.45) is 0.672. The van der Waals surface area contributed by atoms with Crippen molar-refractivity contribution in [2.75, 3.05) is 13.0 Å². The molecule has 2 N–H and O–H groups in total. The molecule has 0 spiro atoms. The number of rotatable bonds is 4. The molecule has 6 heteroatoms. The summed E-state index contributed by atoms with van der Waals surface area (Å²) >= 11 is 5.38. The highest BCUT2D eigenvalue weighted by Gasteiger charge is 2.17.